The summed E-state index contributed by atoms with van der Waals surface area (Å²) in [4.78, 5) is 37.3. The molecule has 1 saturated heterocycles. The highest BCUT2D eigenvalue weighted by Crippen LogP contribution is 2.33. The molecule has 1 saturated carbocycles. The van der Waals surface area contributed by atoms with Gasteiger partial charge in [0.15, 0.2) is 0 Å². The van der Waals surface area contributed by atoms with Gasteiger partial charge in [-0.15, -0.1) is 0 Å². The number of carbonyl (C=O) groups is 3. The molecule has 0 spiro atoms. The molecule has 2 amide bonds. The average Bonchev–Trinajstić information content (AvgIpc) is 3.28. The fraction of sp³-hybridized carbons (Fsp3) is 0.438. The van der Waals surface area contributed by atoms with E-state index in [9.17, 15) is 18.8 Å². The Morgan fingerprint density at radius 3 is 2.43 bits per heavy atom. The highest BCUT2D eigenvalue weighted by molar-refractivity contribution is 6.10. The van der Waals surface area contributed by atoms with Crippen LogP contribution in [0.2, 0.25) is 0 Å². The summed E-state index contributed by atoms with van der Waals surface area (Å²) < 4.78 is 13.0. The normalized spacial score (nSPS) is 22.0. The number of carboxylic acids is 1. The van der Waals surface area contributed by atoms with Crippen LogP contribution in [0.5, 0.6) is 0 Å². The number of rotatable bonds is 5. The van der Waals surface area contributed by atoms with Crippen LogP contribution < -0.4 is 10.2 Å². The first-order valence-corrected chi connectivity index (χ1v) is 7.57. The fourth-order valence-electron chi connectivity index (χ4n) is 2.87. The summed E-state index contributed by atoms with van der Waals surface area (Å²) in [6.07, 6.45) is 1.87. The van der Waals surface area contributed by atoms with E-state index in [4.69, 9.17) is 5.11 Å². The van der Waals surface area contributed by atoms with Crippen molar-refractivity contribution in [3.63, 3.8) is 0 Å². The predicted octanol–water partition coefficient (Wildman–Crippen LogP) is 1.16. The van der Waals surface area contributed by atoms with E-state index in [-0.39, 0.29) is 11.8 Å². The Kier molecular flexibility index (Phi) is 4.02. The largest absolute Gasteiger partial charge is 0.480 e. The smallest absolute Gasteiger partial charge is 0.326 e. The summed E-state index contributed by atoms with van der Waals surface area (Å²) in [5.41, 5.74) is 0.531. The number of amides is 2. The van der Waals surface area contributed by atoms with E-state index >= 15 is 0 Å². The first-order valence-electron chi connectivity index (χ1n) is 7.57. The van der Waals surface area contributed by atoms with Crippen molar-refractivity contribution in [2.45, 2.75) is 25.3 Å². The molecule has 122 valence electrons. The van der Waals surface area contributed by atoms with Gasteiger partial charge >= 0.3 is 5.97 Å². The van der Waals surface area contributed by atoms with Crippen molar-refractivity contribution < 1.29 is 23.9 Å². The van der Waals surface area contributed by atoms with E-state index < -0.39 is 29.7 Å². The minimum atomic E-state index is -1.07. The Morgan fingerprint density at radius 1 is 1.22 bits per heavy atom. The van der Waals surface area contributed by atoms with E-state index in [0.717, 1.165) is 12.8 Å². The lowest BCUT2D eigenvalue weighted by Crippen LogP contribution is -2.46. The van der Waals surface area contributed by atoms with Crippen molar-refractivity contribution in [2.75, 3.05) is 11.4 Å². The maximum atomic E-state index is 13.0. The highest BCUT2D eigenvalue weighted by Gasteiger charge is 2.42. The van der Waals surface area contributed by atoms with Crippen LogP contribution in [-0.2, 0) is 14.4 Å². The Balaban J connectivity index is 1.67. The van der Waals surface area contributed by atoms with Crippen LogP contribution in [0.15, 0.2) is 24.3 Å². The second-order valence-electron chi connectivity index (χ2n) is 5.97. The first-order chi connectivity index (χ1) is 11.0. The number of carboxylic acid groups (broad SMARTS) is 1. The number of hydrogen-bond acceptors (Lipinski definition) is 3. The van der Waals surface area contributed by atoms with Crippen LogP contribution in [-0.4, -0.2) is 35.5 Å². The van der Waals surface area contributed by atoms with Crippen LogP contribution in [0.4, 0.5) is 10.1 Å². The zero-order valence-electron chi connectivity index (χ0n) is 12.4. The third kappa shape index (κ3) is 3.18. The zero-order chi connectivity index (χ0) is 16.6. The van der Waals surface area contributed by atoms with Gasteiger partial charge in [-0.2, -0.15) is 0 Å². The maximum Gasteiger partial charge on any atom is 0.326 e. The van der Waals surface area contributed by atoms with Crippen LogP contribution in [0, 0.1) is 17.7 Å². The quantitative estimate of drug-likeness (QED) is 0.797. The standard InChI is InChI=1S/C16H17FN2O4/c17-10-3-5-11(6-4-10)19-8-7-12(15(19)21)14(20)18-13(16(22)23)9-1-2-9/h3-6,9,12-13H,1-2,7-8H2,(H,18,20)(H,22,23). The van der Waals surface area contributed by atoms with E-state index in [1.165, 1.54) is 29.2 Å². The van der Waals surface area contributed by atoms with Crippen molar-refractivity contribution in [2.24, 2.45) is 11.8 Å². The highest BCUT2D eigenvalue weighted by atomic mass is 19.1. The topological polar surface area (TPSA) is 86.7 Å². The van der Waals surface area contributed by atoms with Gasteiger partial charge in [0.25, 0.3) is 0 Å². The van der Waals surface area contributed by atoms with Crippen molar-refractivity contribution in [1.29, 1.82) is 0 Å². The number of aliphatic carboxylic acids is 1. The molecule has 0 radical (unpaired) electrons. The monoisotopic (exact) mass is 320 g/mol. The first kappa shape index (κ1) is 15.5. The van der Waals surface area contributed by atoms with Gasteiger partial charge in [0.1, 0.15) is 17.8 Å². The summed E-state index contributed by atoms with van der Waals surface area (Å²) >= 11 is 0. The molecule has 2 unspecified atom stereocenters. The van der Waals surface area contributed by atoms with E-state index in [1.807, 2.05) is 0 Å². The number of nitrogens with one attached hydrogen (secondary N) is 1. The Bertz CT molecular complexity index is 642. The second-order valence-corrected chi connectivity index (χ2v) is 5.97. The Labute approximate surface area is 132 Å². The van der Waals surface area contributed by atoms with Crippen molar-refractivity contribution in [3.8, 4) is 0 Å². The Hall–Kier alpha value is -2.44. The van der Waals surface area contributed by atoms with Gasteiger partial charge in [0.05, 0.1) is 0 Å². The molecular formula is C16H17FN2O4. The van der Waals surface area contributed by atoms with Gasteiger partial charge in [0.2, 0.25) is 11.8 Å². The van der Waals surface area contributed by atoms with Gasteiger partial charge in [-0.05, 0) is 49.4 Å². The molecule has 0 bridgehead atoms. The number of halogens is 1. The Morgan fingerprint density at radius 2 is 1.87 bits per heavy atom. The molecule has 1 aliphatic carbocycles. The fourth-order valence-corrected chi connectivity index (χ4v) is 2.87. The third-order valence-corrected chi connectivity index (χ3v) is 4.32. The molecule has 2 atom stereocenters. The molecular weight excluding hydrogens is 303 g/mol. The van der Waals surface area contributed by atoms with Gasteiger partial charge in [-0.25, -0.2) is 9.18 Å². The molecule has 1 aliphatic heterocycles. The number of carbonyl (C=O) groups excluding carboxylic acids is 2. The molecule has 23 heavy (non-hydrogen) atoms. The molecule has 3 rings (SSSR count). The number of anilines is 1. The van der Waals surface area contributed by atoms with E-state index in [2.05, 4.69) is 5.32 Å². The van der Waals surface area contributed by atoms with Gasteiger partial charge in [-0.3, -0.25) is 9.59 Å². The number of benzene rings is 1. The van der Waals surface area contributed by atoms with E-state index in [1.54, 1.807) is 0 Å². The van der Waals surface area contributed by atoms with Gasteiger partial charge in [-0.1, -0.05) is 0 Å². The SMILES string of the molecule is O=C(NC(C(=O)O)C1CC1)C1CCN(c2ccc(F)cc2)C1=O. The second kappa shape index (κ2) is 5.98. The summed E-state index contributed by atoms with van der Waals surface area (Å²) in [6.45, 7) is 0.351. The minimum absolute atomic E-state index is 0.0406. The summed E-state index contributed by atoms with van der Waals surface area (Å²) in [5.74, 6) is -3.32. The minimum Gasteiger partial charge on any atom is -0.480 e. The van der Waals surface area contributed by atoms with Crippen molar-refractivity contribution in [1.82, 2.24) is 5.32 Å². The predicted molar refractivity (Wildman–Crippen MR) is 79.2 cm³/mol. The molecule has 0 aromatic heterocycles. The summed E-state index contributed by atoms with van der Waals surface area (Å²) in [5, 5.41) is 11.6. The average molecular weight is 320 g/mol. The molecule has 1 heterocycles. The molecule has 2 N–H and O–H groups in total. The molecule has 7 heteroatoms. The van der Waals surface area contributed by atoms with Gasteiger partial charge in [0, 0.05) is 12.2 Å². The lowest BCUT2D eigenvalue weighted by molar-refractivity contribution is -0.144. The van der Waals surface area contributed by atoms with Crippen LogP contribution >= 0.6 is 0 Å². The zero-order valence-corrected chi connectivity index (χ0v) is 12.4. The number of nitrogens with zero attached hydrogens (tertiary/aromatic N) is 1. The van der Waals surface area contributed by atoms with Crippen molar-refractivity contribution >= 4 is 23.5 Å². The molecule has 1 aromatic rings. The van der Waals surface area contributed by atoms with Crippen LogP contribution in [0.3, 0.4) is 0 Å². The van der Waals surface area contributed by atoms with Crippen molar-refractivity contribution in [3.05, 3.63) is 30.1 Å². The molecule has 1 aromatic carbocycles. The summed E-state index contributed by atoms with van der Waals surface area (Å²) in [7, 11) is 0. The van der Waals surface area contributed by atoms with Crippen LogP contribution in [0.1, 0.15) is 19.3 Å². The van der Waals surface area contributed by atoms with E-state index in [0.29, 0.717) is 18.7 Å². The molecule has 2 fully saturated rings. The van der Waals surface area contributed by atoms with Crippen LogP contribution in [0.25, 0.3) is 0 Å². The van der Waals surface area contributed by atoms with Gasteiger partial charge < -0.3 is 15.3 Å². The molecule has 2 aliphatic rings. The third-order valence-electron chi connectivity index (χ3n) is 4.32. The summed E-state index contributed by atoms with van der Waals surface area (Å²) in [6, 6.07) is 4.55. The number of hydrogen-bond donors (Lipinski definition) is 2. The lowest BCUT2D eigenvalue weighted by atomic mass is 10.1. The maximum absolute atomic E-state index is 13.0. The lowest BCUT2D eigenvalue weighted by Gasteiger charge is -2.18. The molecule has 6 nitrogen and oxygen atoms in total.